The zero-order chi connectivity index (χ0) is 15.2. The minimum atomic E-state index is -0.381. The Labute approximate surface area is 124 Å². The van der Waals surface area contributed by atoms with Crippen LogP contribution in [0.2, 0.25) is 0 Å². The number of esters is 1. The molecule has 21 heavy (non-hydrogen) atoms. The van der Waals surface area contributed by atoms with Gasteiger partial charge in [-0.25, -0.2) is 0 Å². The molecule has 0 saturated heterocycles. The number of rotatable bonds is 5. The summed E-state index contributed by atoms with van der Waals surface area (Å²) in [4.78, 5) is 25.5. The van der Waals surface area contributed by atoms with Crippen molar-refractivity contribution >= 4 is 22.6 Å². The number of nitrogens with zero attached hydrogens (tertiary/aromatic N) is 1. The first-order chi connectivity index (χ1) is 10.2. The Morgan fingerprint density at radius 3 is 2.43 bits per heavy atom. The van der Waals surface area contributed by atoms with Crippen molar-refractivity contribution in [2.75, 3.05) is 19.7 Å². The summed E-state index contributed by atoms with van der Waals surface area (Å²) in [7, 11) is 0. The molecule has 4 heteroatoms. The van der Waals surface area contributed by atoms with Gasteiger partial charge in [0.15, 0.2) is 0 Å². The van der Waals surface area contributed by atoms with Gasteiger partial charge in [0.2, 0.25) is 0 Å². The molecule has 2 rings (SSSR count). The fraction of sp³-hybridized carbons (Fsp3) is 0.294. The van der Waals surface area contributed by atoms with Gasteiger partial charge in [-0.2, -0.15) is 0 Å². The van der Waals surface area contributed by atoms with E-state index in [1.54, 1.807) is 13.0 Å². The Hall–Kier alpha value is -2.36. The molecule has 0 aliphatic rings. The minimum absolute atomic E-state index is 0.0179. The smallest absolute Gasteiger partial charge is 0.325 e. The van der Waals surface area contributed by atoms with E-state index in [-0.39, 0.29) is 18.4 Å². The van der Waals surface area contributed by atoms with Gasteiger partial charge in [-0.05, 0) is 36.8 Å². The van der Waals surface area contributed by atoms with Gasteiger partial charge in [0, 0.05) is 12.1 Å². The van der Waals surface area contributed by atoms with Crippen LogP contribution in [-0.4, -0.2) is 36.5 Å². The molecule has 0 bridgehead atoms. The first-order valence-corrected chi connectivity index (χ1v) is 7.09. The lowest BCUT2D eigenvalue weighted by Crippen LogP contribution is -2.36. The highest BCUT2D eigenvalue weighted by Gasteiger charge is 2.18. The average Bonchev–Trinajstić information content (AvgIpc) is 2.51. The molecule has 0 unspecified atom stereocenters. The molecule has 0 heterocycles. The van der Waals surface area contributed by atoms with E-state index in [4.69, 9.17) is 4.74 Å². The second-order valence-corrected chi connectivity index (χ2v) is 4.69. The Balaban J connectivity index is 2.20. The molecule has 0 spiro atoms. The van der Waals surface area contributed by atoms with Crippen LogP contribution in [0.4, 0.5) is 0 Å². The zero-order valence-corrected chi connectivity index (χ0v) is 12.3. The molecule has 0 aliphatic heterocycles. The normalized spacial score (nSPS) is 10.4. The van der Waals surface area contributed by atoms with E-state index < -0.39 is 0 Å². The molecular formula is C17H19NO3. The van der Waals surface area contributed by atoms with Gasteiger partial charge in [0.1, 0.15) is 6.54 Å². The molecule has 0 fully saturated rings. The maximum atomic E-state index is 12.5. The second kappa shape index (κ2) is 6.88. The topological polar surface area (TPSA) is 46.6 Å². The minimum Gasteiger partial charge on any atom is -0.465 e. The maximum Gasteiger partial charge on any atom is 0.325 e. The quantitative estimate of drug-likeness (QED) is 0.794. The average molecular weight is 285 g/mol. The van der Waals surface area contributed by atoms with Crippen molar-refractivity contribution in [3.05, 3.63) is 48.0 Å². The third-order valence-electron chi connectivity index (χ3n) is 3.29. The summed E-state index contributed by atoms with van der Waals surface area (Å²) in [5.41, 5.74) is 0.583. The first-order valence-electron chi connectivity index (χ1n) is 7.09. The fourth-order valence-corrected chi connectivity index (χ4v) is 2.19. The lowest BCUT2D eigenvalue weighted by Gasteiger charge is -2.20. The number of carbonyl (C=O) groups is 2. The molecule has 0 radical (unpaired) electrons. The lowest BCUT2D eigenvalue weighted by atomic mass is 10.1. The number of amides is 1. The maximum absolute atomic E-state index is 12.5. The predicted octanol–water partition coefficient (Wildman–Crippen LogP) is 2.87. The molecule has 1 amide bonds. The summed E-state index contributed by atoms with van der Waals surface area (Å²) in [5, 5.41) is 2.10. The highest BCUT2D eigenvalue weighted by Crippen LogP contribution is 2.17. The first kappa shape index (κ1) is 15.0. The zero-order valence-electron chi connectivity index (χ0n) is 12.3. The van der Waals surface area contributed by atoms with Gasteiger partial charge in [0.05, 0.1) is 6.61 Å². The summed E-state index contributed by atoms with van der Waals surface area (Å²) in [6.07, 6.45) is 0. The summed E-state index contributed by atoms with van der Waals surface area (Å²) in [5.74, 6) is -0.537. The molecule has 0 aliphatic carbocycles. The van der Waals surface area contributed by atoms with Crippen molar-refractivity contribution in [3.63, 3.8) is 0 Å². The van der Waals surface area contributed by atoms with E-state index in [1.807, 2.05) is 43.3 Å². The Kier molecular flexibility index (Phi) is 4.93. The van der Waals surface area contributed by atoms with Crippen molar-refractivity contribution in [2.45, 2.75) is 13.8 Å². The fourth-order valence-electron chi connectivity index (χ4n) is 2.19. The van der Waals surface area contributed by atoms with Crippen LogP contribution in [0.3, 0.4) is 0 Å². The number of benzene rings is 2. The molecular weight excluding hydrogens is 266 g/mol. The van der Waals surface area contributed by atoms with Crippen LogP contribution in [-0.2, 0) is 9.53 Å². The van der Waals surface area contributed by atoms with Crippen LogP contribution in [0.5, 0.6) is 0 Å². The van der Waals surface area contributed by atoms with E-state index in [0.29, 0.717) is 18.7 Å². The van der Waals surface area contributed by atoms with Crippen LogP contribution in [0.15, 0.2) is 42.5 Å². The van der Waals surface area contributed by atoms with Crippen molar-refractivity contribution in [3.8, 4) is 0 Å². The van der Waals surface area contributed by atoms with Crippen LogP contribution < -0.4 is 0 Å². The van der Waals surface area contributed by atoms with Gasteiger partial charge >= 0.3 is 5.97 Å². The SMILES string of the molecule is CCOC(=O)CN(CC)C(=O)c1ccc2ccccc2c1. The van der Waals surface area contributed by atoms with Gasteiger partial charge < -0.3 is 9.64 Å². The van der Waals surface area contributed by atoms with Gasteiger partial charge in [-0.15, -0.1) is 0 Å². The highest BCUT2D eigenvalue weighted by atomic mass is 16.5. The molecule has 4 nitrogen and oxygen atoms in total. The molecule has 0 saturated carbocycles. The largest absolute Gasteiger partial charge is 0.465 e. The van der Waals surface area contributed by atoms with Crippen LogP contribution in [0.25, 0.3) is 10.8 Å². The number of hydrogen-bond acceptors (Lipinski definition) is 3. The number of hydrogen-bond donors (Lipinski definition) is 0. The highest BCUT2D eigenvalue weighted by molar-refractivity contribution is 5.99. The van der Waals surface area contributed by atoms with Gasteiger partial charge in [-0.1, -0.05) is 30.3 Å². The summed E-state index contributed by atoms with van der Waals surface area (Å²) < 4.78 is 4.90. The standard InChI is InChI=1S/C17H19NO3/c1-3-18(12-16(19)21-4-2)17(20)15-10-9-13-7-5-6-8-14(13)11-15/h5-11H,3-4,12H2,1-2H3. The van der Waals surface area contributed by atoms with Crippen LogP contribution in [0.1, 0.15) is 24.2 Å². The summed E-state index contributed by atoms with van der Waals surface area (Å²) >= 11 is 0. The van der Waals surface area contributed by atoms with Crippen molar-refractivity contribution in [2.24, 2.45) is 0 Å². The predicted molar refractivity (Wildman–Crippen MR) is 82.2 cm³/mol. The van der Waals surface area contributed by atoms with Crippen LogP contribution in [0, 0.1) is 0 Å². The van der Waals surface area contributed by atoms with E-state index >= 15 is 0 Å². The molecule has 2 aromatic rings. The molecule has 0 aromatic heterocycles. The Morgan fingerprint density at radius 2 is 1.76 bits per heavy atom. The molecule has 0 atom stereocenters. The van der Waals surface area contributed by atoms with Crippen molar-refractivity contribution in [1.29, 1.82) is 0 Å². The number of carbonyl (C=O) groups excluding carboxylic acids is 2. The van der Waals surface area contributed by atoms with Crippen LogP contribution >= 0.6 is 0 Å². The van der Waals surface area contributed by atoms with E-state index in [1.165, 1.54) is 4.90 Å². The number of fused-ring (bicyclic) bond motifs is 1. The molecule has 0 N–H and O–H groups in total. The van der Waals surface area contributed by atoms with Crippen molar-refractivity contribution in [1.82, 2.24) is 4.90 Å². The summed E-state index contributed by atoms with van der Waals surface area (Å²) in [6, 6.07) is 13.4. The Morgan fingerprint density at radius 1 is 1.05 bits per heavy atom. The van der Waals surface area contributed by atoms with E-state index in [0.717, 1.165) is 10.8 Å². The van der Waals surface area contributed by atoms with Gasteiger partial charge in [0.25, 0.3) is 5.91 Å². The molecule has 2 aromatic carbocycles. The third-order valence-corrected chi connectivity index (χ3v) is 3.29. The Bertz CT molecular complexity index is 651. The van der Waals surface area contributed by atoms with Crippen molar-refractivity contribution < 1.29 is 14.3 Å². The van der Waals surface area contributed by atoms with E-state index in [2.05, 4.69) is 0 Å². The third kappa shape index (κ3) is 3.60. The molecule has 110 valence electrons. The number of ether oxygens (including phenoxy) is 1. The van der Waals surface area contributed by atoms with Gasteiger partial charge in [-0.3, -0.25) is 9.59 Å². The monoisotopic (exact) mass is 285 g/mol. The lowest BCUT2D eigenvalue weighted by molar-refractivity contribution is -0.143. The second-order valence-electron chi connectivity index (χ2n) is 4.69. The summed E-state index contributed by atoms with van der Waals surface area (Å²) in [6.45, 7) is 4.36. The number of likely N-dealkylation sites (N-methyl/N-ethyl adjacent to an activating group) is 1. The van der Waals surface area contributed by atoms with E-state index in [9.17, 15) is 9.59 Å².